The van der Waals surface area contributed by atoms with E-state index < -0.39 is 106 Å². The molecule has 0 bridgehead atoms. The predicted octanol–water partition coefficient (Wildman–Crippen LogP) is -6.93. The van der Waals surface area contributed by atoms with Crippen LogP contribution in [0.1, 0.15) is 0 Å². The van der Waals surface area contributed by atoms with Crippen LogP contribution in [-0.2, 0) is 23.7 Å². The maximum atomic E-state index is 10.5. The summed E-state index contributed by atoms with van der Waals surface area (Å²) in [6.45, 7) is -3.84. The molecule has 12 atom stereocenters. The van der Waals surface area contributed by atoms with Gasteiger partial charge in [-0.25, -0.2) is 0 Å². The molecule has 0 saturated carbocycles. The van der Waals surface area contributed by atoms with E-state index in [0.29, 0.717) is 0 Å². The van der Waals surface area contributed by atoms with Crippen molar-refractivity contribution in [3.63, 3.8) is 0 Å². The lowest BCUT2D eigenvalue weighted by molar-refractivity contribution is -0.341. The molecule has 3 rings (SSSR count). The van der Waals surface area contributed by atoms with Crippen LogP contribution in [-0.4, -0.2) is 157 Å². The number of aliphatic hydroxyl groups is 10. The van der Waals surface area contributed by atoms with Gasteiger partial charge in [0, 0.05) is 0 Å². The Kier molecular flexibility index (Phi) is 8.08. The Bertz CT molecular complexity index is 625. The summed E-state index contributed by atoms with van der Waals surface area (Å²) in [4.78, 5) is 0. The zero-order chi connectivity index (χ0) is 23.8. The Morgan fingerprint density at radius 3 is 1.72 bits per heavy atom. The molecule has 0 aromatic rings. The van der Waals surface area contributed by atoms with Gasteiger partial charge in [-0.05, 0) is 0 Å². The van der Waals surface area contributed by atoms with Crippen LogP contribution in [0.4, 0.5) is 0 Å². The molecule has 0 aromatic heterocycles. The maximum Gasteiger partial charge on any atom is 0.222 e. The largest absolute Gasteiger partial charge is 0.394 e. The molecule has 0 spiro atoms. The molecule has 32 heavy (non-hydrogen) atoms. The summed E-state index contributed by atoms with van der Waals surface area (Å²) in [5.74, 6) is -4.84. The van der Waals surface area contributed by atoms with Crippen molar-refractivity contribution in [1.82, 2.24) is 0 Å². The van der Waals surface area contributed by atoms with Crippen molar-refractivity contribution >= 4 is 0 Å². The highest BCUT2D eigenvalue weighted by molar-refractivity contribution is 5.00. The minimum Gasteiger partial charge on any atom is -0.394 e. The summed E-state index contributed by atoms with van der Waals surface area (Å²) in [7, 11) is 0. The van der Waals surface area contributed by atoms with Gasteiger partial charge in [0.1, 0.15) is 68.1 Å². The molecule has 10 N–H and O–H groups in total. The summed E-state index contributed by atoms with van der Waals surface area (Å²) in [5.41, 5.74) is 0. The summed E-state index contributed by atoms with van der Waals surface area (Å²) in [5, 5.41) is 98.7. The van der Waals surface area contributed by atoms with Crippen molar-refractivity contribution < 1.29 is 74.7 Å². The lowest BCUT2D eigenvalue weighted by Crippen LogP contribution is -2.55. The second-order valence-corrected chi connectivity index (χ2v) is 8.01. The third-order valence-corrected chi connectivity index (χ3v) is 5.86. The second-order valence-electron chi connectivity index (χ2n) is 8.01. The molecule has 0 aromatic carbocycles. The van der Waals surface area contributed by atoms with E-state index in [2.05, 4.69) is 0 Å². The van der Waals surface area contributed by atoms with Gasteiger partial charge >= 0.3 is 0 Å². The van der Waals surface area contributed by atoms with Gasteiger partial charge in [0.25, 0.3) is 0 Å². The third kappa shape index (κ3) is 4.52. The molecule has 6 unspecified atom stereocenters. The molecule has 15 heteroatoms. The quantitative estimate of drug-likeness (QED) is 0.149. The van der Waals surface area contributed by atoms with Crippen LogP contribution >= 0.6 is 0 Å². The van der Waals surface area contributed by atoms with Crippen LogP contribution in [0.2, 0.25) is 0 Å². The van der Waals surface area contributed by atoms with Crippen molar-refractivity contribution in [1.29, 1.82) is 0 Å². The summed E-state index contributed by atoms with van der Waals surface area (Å²) in [6, 6.07) is 0. The first-order valence-electron chi connectivity index (χ1n) is 9.93. The van der Waals surface area contributed by atoms with Gasteiger partial charge in [0.15, 0.2) is 6.29 Å². The predicted molar refractivity (Wildman–Crippen MR) is 95.3 cm³/mol. The van der Waals surface area contributed by atoms with Gasteiger partial charge in [-0.1, -0.05) is 0 Å². The monoisotopic (exact) mass is 474 g/mol. The molecule has 3 aliphatic rings. The number of ether oxygens (including phenoxy) is 5. The summed E-state index contributed by atoms with van der Waals surface area (Å²) in [6.07, 6.45) is -15.5. The van der Waals surface area contributed by atoms with Crippen LogP contribution in [0.5, 0.6) is 0 Å². The SMILES string of the molecule is OC[C@H]1O[C@@H](OC[C@@]2(OC[C@@]3(O)O[C@H](CO)C(O)C3O)O[C@H](CO)C(O)C2O)C(O)C1O. The van der Waals surface area contributed by atoms with E-state index in [1.165, 1.54) is 0 Å². The van der Waals surface area contributed by atoms with E-state index in [0.717, 1.165) is 0 Å². The molecular weight excluding hydrogens is 444 g/mol. The third-order valence-electron chi connectivity index (χ3n) is 5.86. The highest BCUT2D eigenvalue weighted by Crippen LogP contribution is 2.37. The minimum atomic E-state index is -2.55. The molecule has 3 fully saturated rings. The molecule has 0 radical (unpaired) electrons. The Hall–Kier alpha value is -0.600. The average molecular weight is 474 g/mol. The standard InChI is InChI=1S/C17H30O15/c18-1-6-9(21)12(24)15(30-6)28-5-17(14(26)11(23)8(3-20)32-17)29-4-16(27)13(25)10(22)7(2-19)31-16/h6-15,18-27H,1-5H2/t6-,7-,8-,9?,10?,11?,12?,13?,14?,15-,16-,17-/m1/s1. The smallest absolute Gasteiger partial charge is 0.222 e. The van der Waals surface area contributed by atoms with Gasteiger partial charge in [-0.2, -0.15) is 0 Å². The molecule has 3 saturated heterocycles. The van der Waals surface area contributed by atoms with E-state index in [-0.39, 0.29) is 0 Å². The van der Waals surface area contributed by atoms with Crippen molar-refractivity contribution in [2.75, 3.05) is 33.0 Å². The zero-order valence-electron chi connectivity index (χ0n) is 16.8. The topological polar surface area (TPSA) is 248 Å². The van der Waals surface area contributed by atoms with E-state index in [4.69, 9.17) is 28.8 Å². The summed E-state index contributed by atoms with van der Waals surface area (Å²) >= 11 is 0. The lowest BCUT2D eigenvalue weighted by Gasteiger charge is -2.36. The fourth-order valence-corrected chi connectivity index (χ4v) is 3.85. The molecule has 3 aliphatic heterocycles. The fourth-order valence-electron chi connectivity index (χ4n) is 3.85. The van der Waals surface area contributed by atoms with Gasteiger partial charge in [-0.3, -0.25) is 0 Å². The molecule has 15 nitrogen and oxygen atoms in total. The van der Waals surface area contributed by atoms with Gasteiger partial charge in [-0.15, -0.1) is 0 Å². The van der Waals surface area contributed by atoms with Crippen LogP contribution in [0, 0.1) is 0 Å². The Morgan fingerprint density at radius 1 is 0.656 bits per heavy atom. The maximum absolute atomic E-state index is 10.5. The van der Waals surface area contributed by atoms with Crippen LogP contribution in [0.3, 0.4) is 0 Å². The van der Waals surface area contributed by atoms with Crippen LogP contribution in [0.15, 0.2) is 0 Å². The Morgan fingerprint density at radius 2 is 1.22 bits per heavy atom. The number of hydrogen-bond acceptors (Lipinski definition) is 15. The fraction of sp³-hybridized carbons (Fsp3) is 1.00. The average Bonchev–Trinajstić information content (AvgIpc) is 3.30. The second kappa shape index (κ2) is 9.95. The molecule has 0 aliphatic carbocycles. The van der Waals surface area contributed by atoms with Crippen molar-refractivity contribution in [3.05, 3.63) is 0 Å². The highest BCUT2D eigenvalue weighted by atomic mass is 16.8. The van der Waals surface area contributed by atoms with Crippen LogP contribution < -0.4 is 0 Å². The number of hydrogen-bond donors (Lipinski definition) is 10. The lowest BCUT2D eigenvalue weighted by atomic mass is 10.0. The minimum absolute atomic E-state index is 0.624. The number of aliphatic hydroxyl groups excluding tert-OH is 9. The van der Waals surface area contributed by atoms with Gasteiger partial charge < -0.3 is 74.7 Å². The van der Waals surface area contributed by atoms with Crippen molar-refractivity contribution in [3.8, 4) is 0 Å². The van der Waals surface area contributed by atoms with E-state index in [1.807, 2.05) is 0 Å². The van der Waals surface area contributed by atoms with Crippen molar-refractivity contribution in [2.45, 2.75) is 72.8 Å². The normalized spacial score (nSPS) is 51.6. The van der Waals surface area contributed by atoms with Crippen molar-refractivity contribution in [2.24, 2.45) is 0 Å². The van der Waals surface area contributed by atoms with Crippen LogP contribution in [0.25, 0.3) is 0 Å². The molecule has 0 amide bonds. The Labute approximate surface area is 181 Å². The zero-order valence-corrected chi connectivity index (χ0v) is 16.8. The molecular formula is C17H30O15. The molecule has 3 heterocycles. The van der Waals surface area contributed by atoms with Gasteiger partial charge in [0.2, 0.25) is 11.6 Å². The number of rotatable bonds is 9. The van der Waals surface area contributed by atoms with Gasteiger partial charge in [0.05, 0.1) is 19.8 Å². The first kappa shape index (κ1) is 26.0. The summed E-state index contributed by atoms with van der Waals surface area (Å²) < 4.78 is 26.4. The Balaban J connectivity index is 1.75. The molecule has 188 valence electrons. The first-order chi connectivity index (χ1) is 15.0. The van der Waals surface area contributed by atoms with E-state index in [1.54, 1.807) is 0 Å². The van der Waals surface area contributed by atoms with E-state index in [9.17, 15) is 46.0 Å². The highest BCUT2D eigenvalue weighted by Gasteiger charge is 2.60. The van der Waals surface area contributed by atoms with E-state index >= 15 is 0 Å². The first-order valence-corrected chi connectivity index (χ1v) is 9.93.